The van der Waals surface area contributed by atoms with Gasteiger partial charge in [-0.05, 0) is 34.1 Å². The molecule has 0 aliphatic carbocycles. The molecule has 0 aromatic rings. The van der Waals surface area contributed by atoms with E-state index in [2.05, 4.69) is 4.99 Å². The maximum Gasteiger partial charge on any atom is 0.306 e. The molecule has 5 heteroatoms. The van der Waals surface area contributed by atoms with Crippen LogP contribution in [-0.2, 0) is 9.53 Å². The van der Waals surface area contributed by atoms with Crippen molar-refractivity contribution < 1.29 is 9.53 Å². The first kappa shape index (κ1) is 15.7. The smallest absolute Gasteiger partial charge is 0.306 e. The lowest BCUT2D eigenvalue weighted by molar-refractivity contribution is -0.147. The monoisotopic (exact) mass is 243 g/mol. The number of ether oxygens (including phenoxy) is 1. The van der Waals surface area contributed by atoms with Crippen LogP contribution < -0.4 is 5.73 Å². The molecule has 0 rings (SSSR count). The number of hydrogen-bond acceptors (Lipinski definition) is 3. The van der Waals surface area contributed by atoms with Crippen molar-refractivity contribution in [2.75, 3.05) is 19.6 Å². The van der Waals surface area contributed by atoms with Crippen LogP contribution in [0.25, 0.3) is 0 Å². The number of nitrogens with zero attached hydrogens (tertiary/aromatic N) is 2. The van der Waals surface area contributed by atoms with Crippen molar-refractivity contribution in [3.63, 3.8) is 0 Å². The largest absolute Gasteiger partial charge is 0.463 e. The maximum atomic E-state index is 11.2. The van der Waals surface area contributed by atoms with E-state index in [1.807, 2.05) is 32.6 Å². The zero-order valence-electron chi connectivity index (χ0n) is 11.4. The number of hydrogen-bond donors (Lipinski definition) is 1. The number of aliphatic imine (C=N–C) groups is 1. The van der Waals surface area contributed by atoms with Crippen molar-refractivity contribution in [3.05, 3.63) is 0 Å². The Hall–Kier alpha value is -1.26. The molecular weight excluding hydrogens is 218 g/mol. The van der Waals surface area contributed by atoms with Gasteiger partial charge in [0.2, 0.25) is 0 Å². The number of esters is 1. The number of carbonyl (C=O) groups is 1. The fourth-order valence-corrected chi connectivity index (χ4v) is 1.39. The van der Waals surface area contributed by atoms with E-state index < -0.39 is 0 Å². The first-order chi connectivity index (χ1) is 8.01. The maximum absolute atomic E-state index is 11.2. The van der Waals surface area contributed by atoms with Gasteiger partial charge in [-0.2, -0.15) is 0 Å². The summed E-state index contributed by atoms with van der Waals surface area (Å²) < 4.78 is 5.02. The summed E-state index contributed by atoms with van der Waals surface area (Å²) in [6.07, 6.45) is 1.02. The second-order valence-electron chi connectivity index (χ2n) is 4.05. The fourth-order valence-electron chi connectivity index (χ4n) is 1.39. The fraction of sp³-hybridized carbons (Fsp3) is 0.833. The van der Waals surface area contributed by atoms with E-state index in [0.717, 1.165) is 13.1 Å². The highest BCUT2D eigenvalue weighted by molar-refractivity contribution is 5.78. The molecule has 0 saturated carbocycles. The van der Waals surface area contributed by atoms with Crippen molar-refractivity contribution >= 4 is 11.9 Å². The van der Waals surface area contributed by atoms with Crippen molar-refractivity contribution in [3.8, 4) is 0 Å². The van der Waals surface area contributed by atoms with Gasteiger partial charge in [-0.3, -0.25) is 9.79 Å². The van der Waals surface area contributed by atoms with Crippen LogP contribution in [0.1, 0.15) is 40.5 Å². The summed E-state index contributed by atoms with van der Waals surface area (Å²) >= 11 is 0. The topological polar surface area (TPSA) is 67.9 Å². The van der Waals surface area contributed by atoms with Gasteiger partial charge < -0.3 is 15.4 Å². The second kappa shape index (κ2) is 8.84. The van der Waals surface area contributed by atoms with E-state index in [-0.39, 0.29) is 12.1 Å². The molecule has 5 nitrogen and oxygen atoms in total. The lowest BCUT2D eigenvalue weighted by Gasteiger charge is -2.19. The summed E-state index contributed by atoms with van der Waals surface area (Å²) in [4.78, 5) is 17.4. The SMILES string of the molecule is CCN(CC)C(N)=NCCCC(=O)OC(C)C. The molecule has 0 saturated heterocycles. The zero-order chi connectivity index (χ0) is 13.3. The molecule has 0 aliphatic rings. The van der Waals surface area contributed by atoms with Crippen LogP contribution in [0.3, 0.4) is 0 Å². The molecular formula is C12H25N3O2. The van der Waals surface area contributed by atoms with Crippen LogP contribution in [0.4, 0.5) is 0 Å². The van der Waals surface area contributed by atoms with Crippen LogP contribution in [0.5, 0.6) is 0 Å². The average Bonchev–Trinajstić information content (AvgIpc) is 2.25. The number of carbonyl (C=O) groups excluding carboxylic acids is 1. The average molecular weight is 243 g/mol. The Bertz CT molecular complexity index is 248. The molecule has 2 N–H and O–H groups in total. The third kappa shape index (κ3) is 7.60. The van der Waals surface area contributed by atoms with Gasteiger partial charge in [0.1, 0.15) is 0 Å². The van der Waals surface area contributed by atoms with Gasteiger partial charge in [0.25, 0.3) is 0 Å². The van der Waals surface area contributed by atoms with Gasteiger partial charge in [-0.15, -0.1) is 0 Å². The predicted octanol–water partition coefficient (Wildman–Crippen LogP) is 1.37. The van der Waals surface area contributed by atoms with Gasteiger partial charge in [0.15, 0.2) is 5.96 Å². The van der Waals surface area contributed by atoms with Crippen LogP contribution in [-0.4, -0.2) is 42.6 Å². The van der Waals surface area contributed by atoms with Crippen molar-refractivity contribution in [1.82, 2.24) is 4.90 Å². The zero-order valence-corrected chi connectivity index (χ0v) is 11.4. The molecule has 0 spiro atoms. The third-order valence-corrected chi connectivity index (χ3v) is 2.27. The Kier molecular flexibility index (Phi) is 8.19. The van der Waals surface area contributed by atoms with E-state index in [9.17, 15) is 4.79 Å². The summed E-state index contributed by atoms with van der Waals surface area (Å²) in [7, 11) is 0. The van der Waals surface area contributed by atoms with Crippen molar-refractivity contribution in [1.29, 1.82) is 0 Å². The van der Waals surface area contributed by atoms with Crippen LogP contribution in [0.2, 0.25) is 0 Å². The molecule has 0 atom stereocenters. The Morgan fingerprint density at radius 2 is 1.94 bits per heavy atom. The Balaban J connectivity index is 3.82. The van der Waals surface area contributed by atoms with Crippen LogP contribution >= 0.6 is 0 Å². The highest BCUT2D eigenvalue weighted by atomic mass is 16.5. The van der Waals surface area contributed by atoms with E-state index in [1.54, 1.807) is 0 Å². The molecule has 17 heavy (non-hydrogen) atoms. The normalized spacial score (nSPS) is 11.7. The van der Waals surface area contributed by atoms with Gasteiger partial charge >= 0.3 is 5.97 Å². The Labute approximate surface area is 104 Å². The summed E-state index contributed by atoms with van der Waals surface area (Å²) in [6, 6.07) is 0. The molecule has 0 amide bonds. The minimum absolute atomic E-state index is 0.0493. The molecule has 0 heterocycles. The lowest BCUT2D eigenvalue weighted by atomic mass is 10.3. The Morgan fingerprint density at radius 1 is 1.35 bits per heavy atom. The first-order valence-electron chi connectivity index (χ1n) is 6.25. The molecule has 0 aromatic heterocycles. The standard InChI is InChI=1S/C12H25N3O2/c1-5-15(6-2)12(13)14-9-7-8-11(16)17-10(3)4/h10H,5-9H2,1-4H3,(H2,13,14). The van der Waals surface area contributed by atoms with Crippen molar-refractivity contribution in [2.45, 2.75) is 46.6 Å². The molecule has 0 aliphatic heterocycles. The molecule has 0 fully saturated rings. The summed E-state index contributed by atoms with van der Waals surface area (Å²) in [5.41, 5.74) is 5.80. The van der Waals surface area contributed by atoms with Gasteiger partial charge in [0.05, 0.1) is 6.10 Å². The first-order valence-corrected chi connectivity index (χ1v) is 6.25. The minimum atomic E-state index is -0.170. The summed E-state index contributed by atoms with van der Waals surface area (Å²) in [6.45, 7) is 10.0. The summed E-state index contributed by atoms with van der Waals surface area (Å²) in [5, 5.41) is 0. The van der Waals surface area contributed by atoms with E-state index in [4.69, 9.17) is 10.5 Å². The van der Waals surface area contributed by atoms with Crippen LogP contribution in [0.15, 0.2) is 4.99 Å². The van der Waals surface area contributed by atoms with Gasteiger partial charge in [-0.1, -0.05) is 0 Å². The quantitative estimate of drug-likeness (QED) is 0.317. The summed E-state index contributed by atoms with van der Waals surface area (Å²) in [5.74, 6) is 0.379. The van der Waals surface area contributed by atoms with Gasteiger partial charge in [-0.25, -0.2) is 0 Å². The van der Waals surface area contributed by atoms with E-state index in [0.29, 0.717) is 25.3 Å². The van der Waals surface area contributed by atoms with Gasteiger partial charge in [0, 0.05) is 26.1 Å². The molecule has 0 bridgehead atoms. The van der Waals surface area contributed by atoms with Crippen LogP contribution in [0, 0.1) is 0 Å². The number of guanidine groups is 1. The van der Waals surface area contributed by atoms with E-state index in [1.165, 1.54) is 0 Å². The minimum Gasteiger partial charge on any atom is -0.463 e. The third-order valence-electron chi connectivity index (χ3n) is 2.27. The second-order valence-corrected chi connectivity index (χ2v) is 4.05. The molecule has 0 aromatic carbocycles. The number of nitrogens with two attached hydrogens (primary N) is 1. The predicted molar refractivity (Wildman–Crippen MR) is 69.9 cm³/mol. The molecule has 0 radical (unpaired) electrons. The number of rotatable bonds is 7. The van der Waals surface area contributed by atoms with Crippen molar-refractivity contribution in [2.24, 2.45) is 10.7 Å². The highest BCUT2D eigenvalue weighted by Crippen LogP contribution is 1.98. The Morgan fingerprint density at radius 3 is 2.41 bits per heavy atom. The molecule has 0 unspecified atom stereocenters. The highest BCUT2D eigenvalue weighted by Gasteiger charge is 2.05. The lowest BCUT2D eigenvalue weighted by Crippen LogP contribution is -2.37. The van der Waals surface area contributed by atoms with E-state index >= 15 is 0 Å². The molecule has 100 valence electrons.